The molecular formula is C24H19NO. The standard InChI is InChI=1S/C24H19NO/c1-15(2)25-20-13-11-16-7-3-5-9-18(16)22(20)24(26)23-19-10-6-4-8-17(19)12-14-21(23)25/h3-15H,1-2H3. The van der Waals surface area contributed by atoms with Crippen molar-refractivity contribution < 1.29 is 0 Å². The topological polar surface area (TPSA) is 22.0 Å². The van der Waals surface area contributed by atoms with E-state index in [0.29, 0.717) is 0 Å². The van der Waals surface area contributed by atoms with Gasteiger partial charge in [-0.1, -0.05) is 60.7 Å². The Balaban J connectivity index is 2.19. The van der Waals surface area contributed by atoms with Crippen LogP contribution >= 0.6 is 0 Å². The molecule has 0 spiro atoms. The first-order valence-corrected chi connectivity index (χ1v) is 9.04. The molecule has 0 amide bonds. The van der Waals surface area contributed by atoms with Gasteiger partial charge >= 0.3 is 0 Å². The summed E-state index contributed by atoms with van der Waals surface area (Å²) in [5.41, 5.74) is 2.14. The van der Waals surface area contributed by atoms with Crippen molar-refractivity contribution in [2.24, 2.45) is 0 Å². The third kappa shape index (κ3) is 1.96. The van der Waals surface area contributed by atoms with E-state index in [1.807, 2.05) is 24.3 Å². The number of aromatic nitrogens is 1. The number of benzene rings is 4. The lowest BCUT2D eigenvalue weighted by molar-refractivity contribution is 0.639. The Morgan fingerprint density at radius 3 is 1.58 bits per heavy atom. The Hall–Kier alpha value is -3.13. The average molecular weight is 337 g/mol. The second-order valence-corrected chi connectivity index (χ2v) is 7.15. The highest BCUT2D eigenvalue weighted by molar-refractivity contribution is 6.15. The monoisotopic (exact) mass is 337 g/mol. The molecule has 0 aliphatic carbocycles. The summed E-state index contributed by atoms with van der Waals surface area (Å²) in [5, 5.41) is 5.90. The molecule has 0 bridgehead atoms. The summed E-state index contributed by atoms with van der Waals surface area (Å²) in [6, 6.07) is 25.0. The first-order valence-electron chi connectivity index (χ1n) is 9.04. The van der Waals surface area contributed by atoms with Gasteiger partial charge in [-0.2, -0.15) is 0 Å². The Kier molecular flexibility index (Phi) is 3.17. The van der Waals surface area contributed by atoms with E-state index < -0.39 is 0 Å². The van der Waals surface area contributed by atoms with E-state index in [9.17, 15) is 4.79 Å². The maximum atomic E-state index is 13.7. The fourth-order valence-electron chi connectivity index (χ4n) is 4.21. The summed E-state index contributed by atoms with van der Waals surface area (Å²) in [6.07, 6.45) is 0. The van der Waals surface area contributed by atoms with Crippen LogP contribution in [0.25, 0.3) is 43.4 Å². The van der Waals surface area contributed by atoms with Gasteiger partial charge in [0.2, 0.25) is 0 Å². The first-order chi connectivity index (χ1) is 12.7. The van der Waals surface area contributed by atoms with Crippen LogP contribution in [-0.4, -0.2) is 4.57 Å². The van der Waals surface area contributed by atoms with Crippen molar-refractivity contribution in [3.63, 3.8) is 0 Å². The Labute approximate surface area is 151 Å². The van der Waals surface area contributed by atoms with Gasteiger partial charge in [-0.05, 0) is 47.5 Å². The van der Waals surface area contributed by atoms with Crippen LogP contribution in [0.1, 0.15) is 19.9 Å². The van der Waals surface area contributed by atoms with Crippen LogP contribution in [0.2, 0.25) is 0 Å². The minimum atomic E-state index is 0.125. The quantitative estimate of drug-likeness (QED) is 0.270. The minimum Gasteiger partial charge on any atom is -0.338 e. The molecule has 5 aromatic rings. The van der Waals surface area contributed by atoms with Gasteiger partial charge < -0.3 is 4.57 Å². The summed E-state index contributed by atoms with van der Waals surface area (Å²) >= 11 is 0. The van der Waals surface area contributed by atoms with Crippen LogP contribution < -0.4 is 5.43 Å². The lowest BCUT2D eigenvalue weighted by Gasteiger charge is -2.20. The molecule has 0 fully saturated rings. The summed E-state index contributed by atoms with van der Waals surface area (Å²) in [6.45, 7) is 4.35. The normalized spacial score (nSPS) is 12.0. The van der Waals surface area contributed by atoms with E-state index in [0.717, 1.165) is 43.4 Å². The second kappa shape index (κ2) is 5.43. The summed E-state index contributed by atoms with van der Waals surface area (Å²) in [4.78, 5) is 13.7. The maximum Gasteiger partial charge on any atom is 0.198 e. The third-order valence-electron chi connectivity index (χ3n) is 5.30. The maximum absolute atomic E-state index is 13.7. The molecule has 5 rings (SSSR count). The van der Waals surface area contributed by atoms with Crippen molar-refractivity contribution in [1.29, 1.82) is 0 Å². The van der Waals surface area contributed by atoms with Crippen molar-refractivity contribution in [2.75, 3.05) is 0 Å². The molecule has 26 heavy (non-hydrogen) atoms. The Morgan fingerprint density at radius 2 is 1.12 bits per heavy atom. The number of pyridine rings is 1. The largest absolute Gasteiger partial charge is 0.338 e. The van der Waals surface area contributed by atoms with Crippen LogP contribution in [0, 0.1) is 0 Å². The highest BCUT2D eigenvalue weighted by Gasteiger charge is 2.16. The van der Waals surface area contributed by atoms with Gasteiger partial charge in [0, 0.05) is 6.04 Å². The number of fused-ring (bicyclic) bond motifs is 6. The van der Waals surface area contributed by atoms with E-state index >= 15 is 0 Å². The first kappa shape index (κ1) is 15.2. The van der Waals surface area contributed by atoms with E-state index in [4.69, 9.17) is 0 Å². The van der Waals surface area contributed by atoms with Crippen molar-refractivity contribution in [3.8, 4) is 0 Å². The van der Waals surface area contributed by atoms with Crippen molar-refractivity contribution >= 4 is 43.4 Å². The molecule has 0 aliphatic rings. The van der Waals surface area contributed by atoms with E-state index in [1.54, 1.807) is 0 Å². The second-order valence-electron chi connectivity index (χ2n) is 7.15. The van der Waals surface area contributed by atoms with Crippen LogP contribution in [-0.2, 0) is 0 Å². The molecule has 2 heteroatoms. The van der Waals surface area contributed by atoms with Gasteiger partial charge in [-0.3, -0.25) is 4.79 Å². The lowest BCUT2D eigenvalue weighted by Crippen LogP contribution is -2.13. The molecular weight excluding hydrogens is 318 g/mol. The molecule has 126 valence electrons. The zero-order chi connectivity index (χ0) is 17.8. The number of hydrogen-bond acceptors (Lipinski definition) is 1. The van der Waals surface area contributed by atoms with Crippen molar-refractivity contribution in [2.45, 2.75) is 19.9 Å². The van der Waals surface area contributed by atoms with Crippen LogP contribution in [0.15, 0.2) is 77.6 Å². The number of rotatable bonds is 1. The average Bonchev–Trinajstić information content (AvgIpc) is 2.67. The van der Waals surface area contributed by atoms with Crippen molar-refractivity contribution in [1.82, 2.24) is 4.57 Å². The molecule has 0 aliphatic heterocycles. The molecule has 1 heterocycles. The summed E-state index contributed by atoms with van der Waals surface area (Å²) < 4.78 is 2.30. The molecule has 0 atom stereocenters. The highest BCUT2D eigenvalue weighted by Crippen LogP contribution is 2.31. The number of nitrogens with zero attached hydrogens (tertiary/aromatic N) is 1. The molecule has 0 saturated heterocycles. The molecule has 4 aromatic carbocycles. The molecule has 0 unspecified atom stereocenters. The van der Waals surface area contributed by atoms with Crippen LogP contribution in [0.4, 0.5) is 0 Å². The highest BCUT2D eigenvalue weighted by atomic mass is 16.1. The van der Waals surface area contributed by atoms with Gasteiger partial charge in [0.05, 0.1) is 21.8 Å². The van der Waals surface area contributed by atoms with Gasteiger partial charge in [-0.15, -0.1) is 0 Å². The van der Waals surface area contributed by atoms with Crippen molar-refractivity contribution in [3.05, 3.63) is 83.0 Å². The van der Waals surface area contributed by atoms with Crippen LogP contribution in [0.5, 0.6) is 0 Å². The molecule has 0 N–H and O–H groups in total. The predicted octanol–water partition coefficient (Wildman–Crippen LogP) is 6.04. The molecule has 1 aromatic heterocycles. The predicted molar refractivity (Wildman–Crippen MR) is 111 cm³/mol. The van der Waals surface area contributed by atoms with E-state index in [1.165, 1.54) is 0 Å². The van der Waals surface area contributed by atoms with Gasteiger partial charge in [-0.25, -0.2) is 0 Å². The van der Waals surface area contributed by atoms with Gasteiger partial charge in [0.1, 0.15) is 0 Å². The van der Waals surface area contributed by atoms with Crippen LogP contribution in [0.3, 0.4) is 0 Å². The van der Waals surface area contributed by atoms with Gasteiger partial charge in [0.25, 0.3) is 0 Å². The SMILES string of the molecule is CC(C)n1c2ccc3ccccc3c2c(=O)c2c3ccccc3ccc21. The summed E-state index contributed by atoms with van der Waals surface area (Å²) in [7, 11) is 0. The summed E-state index contributed by atoms with van der Waals surface area (Å²) in [5.74, 6) is 0. The third-order valence-corrected chi connectivity index (χ3v) is 5.30. The Morgan fingerprint density at radius 1 is 0.654 bits per heavy atom. The zero-order valence-electron chi connectivity index (χ0n) is 14.9. The van der Waals surface area contributed by atoms with E-state index in [-0.39, 0.29) is 11.5 Å². The minimum absolute atomic E-state index is 0.125. The fraction of sp³-hybridized carbons (Fsp3) is 0.125. The molecule has 2 nitrogen and oxygen atoms in total. The lowest BCUT2D eigenvalue weighted by atomic mass is 9.98. The van der Waals surface area contributed by atoms with Gasteiger partial charge in [0.15, 0.2) is 5.43 Å². The Bertz CT molecular complexity index is 1280. The number of hydrogen-bond donors (Lipinski definition) is 0. The molecule has 0 saturated carbocycles. The molecule has 0 radical (unpaired) electrons. The van der Waals surface area contributed by atoms with E-state index in [2.05, 4.69) is 66.9 Å². The fourth-order valence-corrected chi connectivity index (χ4v) is 4.21. The smallest absolute Gasteiger partial charge is 0.198 e. The zero-order valence-corrected chi connectivity index (χ0v) is 14.9.